The first kappa shape index (κ1) is 60.7. The van der Waals surface area contributed by atoms with Crippen molar-refractivity contribution < 1.29 is 42.9 Å². The first-order valence-electron chi connectivity index (χ1n) is 25.6. The smallest absolute Gasteiger partial charge is 0.306 e. The van der Waals surface area contributed by atoms with E-state index in [2.05, 4.69) is 86.8 Å². The minimum absolute atomic E-state index is 0.141. The molecule has 0 aliphatic carbocycles. The Bertz CT molecular complexity index is 1280. The van der Waals surface area contributed by atoms with Gasteiger partial charge in [0.1, 0.15) is 13.2 Å². The molecule has 0 bridgehead atoms. The Kier molecular flexibility index (Phi) is 43.9. The molecule has 0 fully saturated rings. The average molecular weight is 898 g/mol. The third-order valence-electron chi connectivity index (χ3n) is 10.7. The Hall–Kier alpha value is -3.27. The summed E-state index contributed by atoms with van der Waals surface area (Å²) in [4.78, 5) is 37.2. The lowest BCUT2D eigenvalue weighted by Gasteiger charge is -2.26. The van der Waals surface area contributed by atoms with Crippen LogP contribution in [0.5, 0.6) is 0 Å². The molecule has 9 heteroatoms. The first-order valence-corrected chi connectivity index (χ1v) is 25.6. The second-order valence-corrected chi connectivity index (χ2v) is 18.1. The van der Waals surface area contributed by atoms with E-state index in [1.54, 1.807) is 0 Å². The van der Waals surface area contributed by atoms with E-state index < -0.39 is 24.3 Å². The van der Waals surface area contributed by atoms with Crippen LogP contribution in [0.4, 0.5) is 0 Å². The Balaban J connectivity index is 4.38. The van der Waals surface area contributed by atoms with E-state index in [9.17, 15) is 19.5 Å². The fourth-order valence-electron chi connectivity index (χ4n) is 6.73. The molecule has 64 heavy (non-hydrogen) atoms. The molecule has 0 heterocycles. The summed E-state index contributed by atoms with van der Waals surface area (Å²) in [5, 5.41) is 11.7. The van der Waals surface area contributed by atoms with Crippen molar-refractivity contribution >= 4 is 17.9 Å². The molecule has 0 N–H and O–H groups in total. The lowest BCUT2D eigenvalue weighted by molar-refractivity contribution is -0.870. The van der Waals surface area contributed by atoms with Gasteiger partial charge in [0.25, 0.3) is 0 Å². The standard InChI is InChI=1S/C55H95NO8/c1-6-8-10-12-14-16-18-20-22-24-26-27-28-30-32-34-36-38-40-42-44-46-53(58)64-51(50-63-55(54(59)60)61-48-47-56(3,4)5)49-62-52(57)45-43-41-39-37-35-33-31-29-25-23-21-19-17-15-13-11-9-7-2/h8,10,14,16-17,19-20,22-23,25-27,51,55H,6-7,9,11-13,15,18,21,24,28-50H2,1-5H3/b10-8-,16-14-,19-17-,22-20-,25-23-,27-26-. The maximum atomic E-state index is 12.8. The van der Waals surface area contributed by atoms with Gasteiger partial charge in [-0.05, 0) is 83.5 Å². The number of likely N-dealkylation sites (N-methyl/N-ethyl adjacent to an activating group) is 1. The van der Waals surface area contributed by atoms with Crippen molar-refractivity contribution in [2.45, 2.75) is 212 Å². The summed E-state index contributed by atoms with van der Waals surface area (Å²) in [5.74, 6) is -2.31. The highest BCUT2D eigenvalue weighted by Crippen LogP contribution is 2.14. The monoisotopic (exact) mass is 898 g/mol. The van der Waals surface area contributed by atoms with Crippen LogP contribution in [-0.4, -0.2) is 82.3 Å². The van der Waals surface area contributed by atoms with Gasteiger partial charge in [0.15, 0.2) is 12.4 Å². The van der Waals surface area contributed by atoms with Gasteiger partial charge < -0.3 is 33.3 Å². The van der Waals surface area contributed by atoms with Crippen molar-refractivity contribution in [2.75, 3.05) is 47.5 Å². The summed E-state index contributed by atoms with van der Waals surface area (Å²) in [6, 6.07) is 0. The SMILES string of the molecule is CC/C=C\C/C=C\C/C=C\C/C=C\CCCCCCCCCCC(=O)OC(COC(=O)CCCCCCCCC/C=C\C/C=C\CCCCCC)COC(OCC[N+](C)(C)C)C(=O)[O-]. The molecule has 0 saturated carbocycles. The third kappa shape index (κ3) is 46.7. The van der Waals surface area contributed by atoms with E-state index in [4.69, 9.17) is 18.9 Å². The molecule has 0 aromatic heterocycles. The Morgan fingerprint density at radius 2 is 0.891 bits per heavy atom. The van der Waals surface area contributed by atoms with Crippen LogP contribution in [-0.2, 0) is 33.3 Å². The molecule has 2 atom stereocenters. The molecule has 9 nitrogen and oxygen atoms in total. The van der Waals surface area contributed by atoms with Crippen LogP contribution in [0.2, 0.25) is 0 Å². The molecule has 0 rings (SSSR count). The quantitative estimate of drug-likeness (QED) is 0.0195. The molecular weight excluding hydrogens is 803 g/mol. The zero-order valence-electron chi connectivity index (χ0n) is 41.6. The van der Waals surface area contributed by atoms with Gasteiger partial charge >= 0.3 is 11.9 Å². The average Bonchev–Trinajstić information content (AvgIpc) is 3.26. The van der Waals surface area contributed by atoms with Crippen molar-refractivity contribution in [3.63, 3.8) is 0 Å². The summed E-state index contributed by atoms with van der Waals surface area (Å²) < 4.78 is 22.6. The number of carbonyl (C=O) groups is 3. The summed E-state index contributed by atoms with van der Waals surface area (Å²) in [6.07, 6.45) is 55.0. The number of aliphatic carboxylic acids is 1. The van der Waals surface area contributed by atoms with E-state index in [0.717, 1.165) is 89.9 Å². The molecule has 0 aromatic carbocycles. The third-order valence-corrected chi connectivity index (χ3v) is 10.7. The summed E-state index contributed by atoms with van der Waals surface area (Å²) in [7, 11) is 5.90. The molecular formula is C55H95NO8. The van der Waals surface area contributed by atoms with Gasteiger partial charge in [0.05, 0.1) is 40.3 Å². The van der Waals surface area contributed by atoms with Gasteiger partial charge in [0, 0.05) is 12.8 Å². The van der Waals surface area contributed by atoms with Crippen molar-refractivity contribution in [1.29, 1.82) is 0 Å². The number of carboxylic acid groups (broad SMARTS) is 1. The van der Waals surface area contributed by atoms with Gasteiger partial charge in [-0.2, -0.15) is 0 Å². The maximum absolute atomic E-state index is 12.8. The minimum Gasteiger partial charge on any atom is -0.545 e. The van der Waals surface area contributed by atoms with Crippen LogP contribution >= 0.6 is 0 Å². The van der Waals surface area contributed by atoms with Crippen LogP contribution < -0.4 is 5.11 Å². The first-order chi connectivity index (χ1) is 31.1. The van der Waals surface area contributed by atoms with Crippen molar-refractivity contribution in [1.82, 2.24) is 0 Å². The number of carbonyl (C=O) groups excluding carboxylic acids is 3. The van der Waals surface area contributed by atoms with Crippen LogP contribution in [0.15, 0.2) is 72.9 Å². The summed E-state index contributed by atoms with van der Waals surface area (Å²) in [5.41, 5.74) is 0. The van der Waals surface area contributed by atoms with Crippen LogP contribution in [0, 0.1) is 0 Å². The van der Waals surface area contributed by atoms with Crippen molar-refractivity contribution in [3.8, 4) is 0 Å². The van der Waals surface area contributed by atoms with Gasteiger partial charge in [-0.3, -0.25) is 9.59 Å². The number of unbranched alkanes of at least 4 members (excludes halogenated alkanes) is 19. The number of allylic oxidation sites excluding steroid dienone is 12. The van der Waals surface area contributed by atoms with Crippen LogP contribution in [0.3, 0.4) is 0 Å². The van der Waals surface area contributed by atoms with Crippen LogP contribution in [0.1, 0.15) is 200 Å². The number of rotatable bonds is 46. The Morgan fingerprint density at radius 3 is 1.33 bits per heavy atom. The molecule has 368 valence electrons. The van der Waals surface area contributed by atoms with Gasteiger partial charge in [-0.1, -0.05) is 177 Å². The molecule has 2 unspecified atom stereocenters. The normalized spacial score (nSPS) is 13.5. The predicted octanol–water partition coefficient (Wildman–Crippen LogP) is 12.9. The maximum Gasteiger partial charge on any atom is 0.306 e. The Morgan fingerprint density at radius 1 is 0.484 bits per heavy atom. The van der Waals surface area contributed by atoms with E-state index >= 15 is 0 Å². The summed E-state index contributed by atoms with van der Waals surface area (Å²) in [6.45, 7) is 4.59. The molecule has 0 aliphatic rings. The Labute approximate surface area is 392 Å². The second kappa shape index (κ2) is 46.3. The second-order valence-electron chi connectivity index (χ2n) is 18.1. The lowest BCUT2D eigenvalue weighted by Crippen LogP contribution is -2.44. The lowest BCUT2D eigenvalue weighted by atomic mass is 10.1. The molecule has 0 aromatic rings. The fourth-order valence-corrected chi connectivity index (χ4v) is 6.73. The highest BCUT2D eigenvalue weighted by Gasteiger charge is 2.21. The molecule has 0 radical (unpaired) electrons. The number of esters is 2. The van der Waals surface area contributed by atoms with E-state index in [0.29, 0.717) is 17.4 Å². The van der Waals surface area contributed by atoms with Gasteiger partial charge in [-0.25, -0.2) is 0 Å². The van der Waals surface area contributed by atoms with Crippen molar-refractivity contribution in [3.05, 3.63) is 72.9 Å². The summed E-state index contributed by atoms with van der Waals surface area (Å²) >= 11 is 0. The predicted molar refractivity (Wildman–Crippen MR) is 265 cm³/mol. The van der Waals surface area contributed by atoms with E-state index in [-0.39, 0.29) is 38.6 Å². The zero-order valence-corrected chi connectivity index (χ0v) is 41.6. The van der Waals surface area contributed by atoms with Gasteiger partial charge in [0.2, 0.25) is 0 Å². The molecule has 0 spiro atoms. The number of nitrogens with zero attached hydrogens (tertiary/aromatic N) is 1. The van der Waals surface area contributed by atoms with E-state index in [1.165, 1.54) is 77.0 Å². The highest BCUT2D eigenvalue weighted by atomic mass is 16.7. The van der Waals surface area contributed by atoms with E-state index in [1.807, 2.05) is 21.1 Å². The number of quaternary nitrogens is 1. The largest absolute Gasteiger partial charge is 0.545 e. The zero-order chi connectivity index (χ0) is 47.0. The van der Waals surface area contributed by atoms with Crippen LogP contribution in [0.25, 0.3) is 0 Å². The van der Waals surface area contributed by atoms with Gasteiger partial charge in [-0.15, -0.1) is 0 Å². The number of carboxylic acids is 1. The fraction of sp³-hybridized carbons (Fsp3) is 0.727. The molecule has 0 saturated heterocycles. The minimum atomic E-state index is -1.63. The number of hydrogen-bond acceptors (Lipinski definition) is 8. The molecule has 0 amide bonds. The van der Waals surface area contributed by atoms with Crippen molar-refractivity contribution in [2.24, 2.45) is 0 Å². The topological polar surface area (TPSA) is 111 Å². The number of ether oxygens (including phenoxy) is 4. The molecule has 0 aliphatic heterocycles. The highest BCUT2D eigenvalue weighted by molar-refractivity contribution is 5.70. The number of hydrogen-bond donors (Lipinski definition) is 0.